The molecule has 0 amide bonds. The highest BCUT2D eigenvalue weighted by atomic mass is 16.7. The number of ether oxygens (including phenoxy) is 6. The third-order valence-electron chi connectivity index (χ3n) is 4.20. The number of hydrogen-bond acceptors (Lipinski definition) is 10. The second kappa shape index (κ2) is 12.4. The zero-order valence-electron chi connectivity index (χ0n) is 29.3. The summed E-state index contributed by atoms with van der Waals surface area (Å²) in [6, 6.07) is 0. The number of likely N-dealkylation sites (N-methyl/N-ethyl adjacent to an activating group) is 1. The van der Waals surface area contributed by atoms with Gasteiger partial charge in [0, 0.05) is 43.9 Å². The molecule has 1 saturated heterocycles. The highest BCUT2D eigenvalue weighted by Gasteiger charge is 2.52. The van der Waals surface area contributed by atoms with Crippen LogP contribution in [0.1, 0.15) is 43.9 Å². The topological polar surface area (TPSA) is 124 Å². The summed E-state index contributed by atoms with van der Waals surface area (Å²) < 4.78 is 118. The second-order valence-corrected chi connectivity index (χ2v) is 7.14. The van der Waals surface area contributed by atoms with E-state index in [0.717, 1.165) is 0 Å². The first kappa shape index (κ1) is 13.8. The third-order valence-corrected chi connectivity index (χ3v) is 4.20. The fraction of sp³-hybridized carbons (Fsp3) is 0.714. The minimum absolute atomic E-state index is 0.125. The maximum atomic E-state index is 12.5. The zero-order chi connectivity index (χ0) is 34.5. The van der Waals surface area contributed by atoms with E-state index in [4.69, 9.17) is 46.6 Å². The monoisotopic (exact) mass is 470 g/mol. The van der Waals surface area contributed by atoms with Crippen LogP contribution in [0.5, 0.6) is 0 Å². The van der Waals surface area contributed by atoms with Crippen LogP contribution in [-0.4, -0.2) is 99.5 Å². The lowest BCUT2D eigenvalue weighted by Gasteiger charge is -2.44. The molecule has 0 aromatic rings. The summed E-state index contributed by atoms with van der Waals surface area (Å²) >= 11 is 0. The molecule has 11 heteroatoms. The van der Waals surface area contributed by atoms with E-state index in [0.29, 0.717) is 0 Å². The van der Waals surface area contributed by atoms with Crippen LogP contribution in [0.15, 0.2) is 0 Å². The van der Waals surface area contributed by atoms with Crippen LogP contribution < -0.4 is 0 Å². The summed E-state index contributed by atoms with van der Waals surface area (Å²) in [7, 11) is 3.39. The van der Waals surface area contributed by atoms with Crippen molar-refractivity contribution in [2.45, 2.75) is 58.1 Å². The Kier molecular flexibility index (Phi) is 5.33. The van der Waals surface area contributed by atoms with E-state index >= 15 is 0 Å². The third kappa shape index (κ3) is 9.21. The normalized spacial score (nSPS) is 32.3. The van der Waals surface area contributed by atoms with Gasteiger partial charge >= 0.3 is 23.9 Å². The van der Waals surface area contributed by atoms with Gasteiger partial charge in [-0.15, -0.1) is 6.42 Å². The van der Waals surface area contributed by atoms with Gasteiger partial charge in [-0.05, 0) is 5.92 Å². The lowest BCUT2D eigenvalue weighted by atomic mass is 9.98. The van der Waals surface area contributed by atoms with E-state index in [-0.39, 0.29) is 24.2 Å². The average Bonchev–Trinajstić information content (AvgIpc) is 2.82. The molecule has 1 aliphatic heterocycles. The molecule has 1 aliphatic rings. The SMILES string of the molecule is [2H]C([2H])([2H])C(=O)OC[C@H]1O[C@@H](OCC[N+](C)(C)CC#C)[C@H](OC(=O)C([2H])([2H])[2H])[C@@H](OC(=O)C([2H])([2H])[2H])[C@@H]1OC(=O)C([2H])([2H])[2H]. The molecule has 0 spiro atoms. The maximum Gasteiger partial charge on any atom is 0.303 e. The first-order chi connectivity index (χ1) is 19.7. The first-order valence-electron chi connectivity index (χ1n) is 15.0. The van der Waals surface area contributed by atoms with Gasteiger partial charge in [-0.3, -0.25) is 19.2 Å². The Bertz CT molecular complexity index is 1090. The lowest BCUT2D eigenvalue weighted by Crippen LogP contribution is -2.63. The molecule has 0 unspecified atom stereocenters. The van der Waals surface area contributed by atoms with Gasteiger partial charge in [0.2, 0.25) is 0 Å². The predicted molar refractivity (Wildman–Crippen MR) is 109 cm³/mol. The van der Waals surface area contributed by atoms with Crippen LogP contribution in [-0.2, 0) is 47.6 Å². The molecule has 0 saturated carbocycles. The summed E-state index contributed by atoms with van der Waals surface area (Å²) in [6.45, 7) is -14.9. The zero-order valence-corrected chi connectivity index (χ0v) is 17.3. The van der Waals surface area contributed by atoms with Gasteiger partial charge in [-0.2, -0.15) is 0 Å². The lowest BCUT2D eigenvalue weighted by molar-refractivity contribution is -0.883. The van der Waals surface area contributed by atoms with E-state index in [2.05, 4.69) is 10.7 Å². The van der Waals surface area contributed by atoms with E-state index in [1.165, 1.54) is 0 Å². The smallest absolute Gasteiger partial charge is 0.303 e. The predicted octanol–water partition coefficient (Wildman–Crippen LogP) is -0.204. The largest absolute Gasteiger partial charge is 0.463 e. The molecule has 0 aromatic carbocycles. The quantitative estimate of drug-likeness (QED) is 0.183. The van der Waals surface area contributed by atoms with E-state index < -0.39 is 88.6 Å². The fourth-order valence-electron chi connectivity index (χ4n) is 2.82. The Morgan fingerprint density at radius 1 is 0.938 bits per heavy atom. The molecular formula is C21H32NO10+. The molecule has 32 heavy (non-hydrogen) atoms. The van der Waals surface area contributed by atoms with Crippen LogP contribution in [0.25, 0.3) is 0 Å². The van der Waals surface area contributed by atoms with Gasteiger partial charge in [-0.25, -0.2) is 0 Å². The number of carbonyl (C=O) groups excluding carboxylic acids is 4. The van der Waals surface area contributed by atoms with E-state index in [1.807, 2.05) is 0 Å². The molecule has 0 aromatic heterocycles. The van der Waals surface area contributed by atoms with Crippen LogP contribution >= 0.6 is 0 Å². The molecule has 11 nitrogen and oxygen atoms in total. The minimum atomic E-state index is -3.51. The Balaban J connectivity index is 3.72. The number of terminal acetylenes is 1. The Labute approximate surface area is 204 Å². The van der Waals surface area contributed by atoms with E-state index in [1.54, 1.807) is 14.1 Å². The maximum absolute atomic E-state index is 12.5. The fourth-order valence-corrected chi connectivity index (χ4v) is 2.82. The number of rotatable bonds is 10. The van der Waals surface area contributed by atoms with Crippen molar-refractivity contribution in [3.8, 4) is 12.3 Å². The highest BCUT2D eigenvalue weighted by Crippen LogP contribution is 2.30. The standard InChI is InChI=1S/C21H32NO10/c1-8-9-22(6,7)10-11-27-21-20(31-16(5)26)19(30-15(4)25)18(29-14(3)24)17(32-21)12-28-13(2)23/h1,17-21H,9-12H2,2-7H3/q+1/t17-,18-,19+,20-,21-/m1/s1/i2D3,3D3,4D3,5D3. The molecule has 0 aliphatic carbocycles. The van der Waals surface area contributed by atoms with Gasteiger partial charge in [0.05, 0.1) is 20.7 Å². The molecule has 0 radical (unpaired) electrons. The first-order valence-corrected chi connectivity index (χ1v) is 9.04. The highest BCUT2D eigenvalue weighted by molar-refractivity contribution is 5.68. The Morgan fingerprint density at radius 3 is 2.06 bits per heavy atom. The molecule has 180 valence electrons. The van der Waals surface area contributed by atoms with Gasteiger partial charge in [0.15, 0.2) is 24.6 Å². The molecule has 0 bridgehead atoms. The number of esters is 4. The van der Waals surface area contributed by atoms with Gasteiger partial charge < -0.3 is 32.9 Å². The van der Waals surface area contributed by atoms with Crippen LogP contribution in [0.4, 0.5) is 0 Å². The van der Waals surface area contributed by atoms with Crippen molar-refractivity contribution in [1.82, 2.24) is 0 Å². The molecule has 1 heterocycles. The average molecular weight is 471 g/mol. The van der Waals surface area contributed by atoms with Crippen molar-refractivity contribution in [2.24, 2.45) is 0 Å². The van der Waals surface area contributed by atoms with Gasteiger partial charge in [-0.1, -0.05) is 0 Å². The number of quaternary nitrogens is 1. The van der Waals surface area contributed by atoms with Crippen molar-refractivity contribution < 1.29 is 68.5 Å². The van der Waals surface area contributed by atoms with Crippen LogP contribution in [0.2, 0.25) is 0 Å². The van der Waals surface area contributed by atoms with Crippen LogP contribution in [0, 0.1) is 12.3 Å². The van der Waals surface area contributed by atoms with Crippen molar-refractivity contribution >= 4 is 23.9 Å². The molecule has 5 atom stereocenters. The minimum Gasteiger partial charge on any atom is -0.463 e. The van der Waals surface area contributed by atoms with Crippen molar-refractivity contribution in [3.05, 3.63) is 0 Å². The van der Waals surface area contributed by atoms with Crippen molar-refractivity contribution in [2.75, 3.05) is 40.4 Å². The molecular weight excluding hydrogens is 426 g/mol. The summed E-state index contributed by atoms with van der Waals surface area (Å²) in [5, 5.41) is 0. The molecule has 0 N–H and O–H groups in total. The second-order valence-electron chi connectivity index (χ2n) is 7.14. The summed E-state index contributed by atoms with van der Waals surface area (Å²) in [6.07, 6.45) is -5.48. The molecule has 1 rings (SSSR count). The number of carbonyl (C=O) groups is 4. The summed E-state index contributed by atoms with van der Waals surface area (Å²) in [5.41, 5.74) is 0. The van der Waals surface area contributed by atoms with Gasteiger partial charge in [0.1, 0.15) is 25.8 Å². The number of hydrogen-bond donors (Lipinski definition) is 0. The summed E-state index contributed by atoms with van der Waals surface area (Å²) in [5.74, 6) is -5.29. The number of nitrogens with zero attached hydrogens (tertiary/aromatic N) is 1. The van der Waals surface area contributed by atoms with E-state index in [9.17, 15) is 19.2 Å². The van der Waals surface area contributed by atoms with Crippen molar-refractivity contribution in [3.63, 3.8) is 0 Å². The van der Waals surface area contributed by atoms with Crippen LogP contribution in [0.3, 0.4) is 0 Å². The Hall–Kier alpha value is -2.68. The van der Waals surface area contributed by atoms with Gasteiger partial charge in [0.25, 0.3) is 0 Å². The summed E-state index contributed by atoms with van der Waals surface area (Å²) in [4.78, 5) is 49.2. The molecule has 1 fully saturated rings. The van der Waals surface area contributed by atoms with Crippen molar-refractivity contribution in [1.29, 1.82) is 0 Å². The Morgan fingerprint density at radius 2 is 1.50 bits per heavy atom.